The highest BCUT2D eigenvalue weighted by atomic mass is 16.2. The van der Waals surface area contributed by atoms with Gasteiger partial charge in [0.2, 0.25) is 17.8 Å². The van der Waals surface area contributed by atoms with E-state index in [0.29, 0.717) is 13.0 Å². The van der Waals surface area contributed by atoms with Crippen LogP contribution in [0.3, 0.4) is 0 Å². The van der Waals surface area contributed by atoms with E-state index in [1.54, 1.807) is 7.05 Å². The number of benzene rings is 1. The maximum absolute atomic E-state index is 12.0. The van der Waals surface area contributed by atoms with E-state index in [1.807, 2.05) is 41.1 Å². The first kappa shape index (κ1) is 15.7. The van der Waals surface area contributed by atoms with Gasteiger partial charge in [-0.15, -0.1) is 5.10 Å². The molecule has 0 unspecified atom stereocenters. The molecule has 0 atom stereocenters. The van der Waals surface area contributed by atoms with Crippen molar-refractivity contribution >= 4 is 28.7 Å². The molecule has 24 heavy (non-hydrogen) atoms. The van der Waals surface area contributed by atoms with Gasteiger partial charge >= 0.3 is 0 Å². The van der Waals surface area contributed by atoms with Gasteiger partial charge < -0.3 is 9.88 Å². The van der Waals surface area contributed by atoms with Crippen molar-refractivity contribution in [2.45, 2.75) is 19.5 Å². The fourth-order valence-corrected chi connectivity index (χ4v) is 2.40. The maximum atomic E-state index is 12.0. The van der Waals surface area contributed by atoms with Crippen LogP contribution in [0, 0.1) is 0 Å². The van der Waals surface area contributed by atoms with E-state index in [1.165, 1.54) is 11.0 Å². The summed E-state index contributed by atoms with van der Waals surface area (Å²) in [6, 6.07) is 10.0. The SMILES string of the molecule is CNC(=O)Cn1cnc(NC(=O)CCn2ccc3ccccc32)n1. The van der Waals surface area contributed by atoms with Crippen LogP contribution in [0.1, 0.15) is 6.42 Å². The van der Waals surface area contributed by atoms with Crippen LogP contribution in [0.25, 0.3) is 10.9 Å². The van der Waals surface area contributed by atoms with E-state index in [9.17, 15) is 9.59 Å². The smallest absolute Gasteiger partial charge is 0.248 e. The molecule has 0 aliphatic carbocycles. The Morgan fingerprint density at radius 3 is 2.83 bits per heavy atom. The van der Waals surface area contributed by atoms with Gasteiger partial charge in [-0.25, -0.2) is 9.67 Å². The van der Waals surface area contributed by atoms with Crippen LogP contribution in [0.15, 0.2) is 42.9 Å². The van der Waals surface area contributed by atoms with Crippen molar-refractivity contribution in [1.29, 1.82) is 0 Å². The lowest BCUT2D eigenvalue weighted by molar-refractivity contribution is -0.121. The first-order valence-electron chi connectivity index (χ1n) is 7.59. The van der Waals surface area contributed by atoms with Gasteiger partial charge in [0.25, 0.3) is 0 Å². The van der Waals surface area contributed by atoms with Crippen LogP contribution in [-0.2, 0) is 22.7 Å². The molecule has 2 N–H and O–H groups in total. The Bertz CT molecular complexity index is 866. The quantitative estimate of drug-likeness (QED) is 0.707. The monoisotopic (exact) mass is 326 g/mol. The van der Waals surface area contributed by atoms with E-state index in [4.69, 9.17) is 0 Å². The Balaban J connectivity index is 1.55. The Labute approximate surface area is 138 Å². The van der Waals surface area contributed by atoms with E-state index in [-0.39, 0.29) is 24.3 Å². The molecule has 2 amide bonds. The third-order valence-electron chi connectivity index (χ3n) is 3.63. The number of nitrogens with zero attached hydrogens (tertiary/aromatic N) is 4. The zero-order valence-corrected chi connectivity index (χ0v) is 13.3. The molecule has 0 saturated carbocycles. The molecular formula is C16H18N6O2. The molecule has 0 bridgehead atoms. The van der Waals surface area contributed by atoms with Crippen molar-refractivity contribution in [1.82, 2.24) is 24.6 Å². The number of amides is 2. The summed E-state index contributed by atoms with van der Waals surface area (Å²) in [6.07, 6.45) is 3.68. The predicted molar refractivity (Wildman–Crippen MR) is 89.3 cm³/mol. The number of carbonyl (C=O) groups is 2. The molecule has 3 aromatic rings. The van der Waals surface area contributed by atoms with Crippen molar-refractivity contribution in [3.05, 3.63) is 42.9 Å². The van der Waals surface area contributed by atoms with Gasteiger partial charge in [-0.05, 0) is 17.5 Å². The second-order valence-electron chi connectivity index (χ2n) is 5.31. The summed E-state index contributed by atoms with van der Waals surface area (Å²) in [7, 11) is 1.55. The third-order valence-corrected chi connectivity index (χ3v) is 3.63. The van der Waals surface area contributed by atoms with E-state index < -0.39 is 0 Å². The number of anilines is 1. The lowest BCUT2D eigenvalue weighted by Gasteiger charge is -2.05. The first-order chi connectivity index (χ1) is 11.7. The average Bonchev–Trinajstić information content (AvgIpc) is 3.19. The molecule has 0 radical (unpaired) electrons. The highest BCUT2D eigenvalue weighted by molar-refractivity contribution is 5.89. The second-order valence-corrected chi connectivity index (χ2v) is 5.31. The number of rotatable bonds is 6. The van der Waals surface area contributed by atoms with Crippen molar-refractivity contribution in [3.63, 3.8) is 0 Å². The highest BCUT2D eigenvalue weighted by Crippen LogP contribution is 2.15. The Kier molecular flexibility index (Phi) is 4.55. The van der Waals surface area contributed by atoms with Crippen molar-refractivity contribution < 1.29 is 9.59 Å². The molecule has 0 fully saturated rings. The summed E-state index contributed by atoms with van der Waals surface area (Å²) in [5, 5.41) is 10.3. The van der Waals surface area contributed by atoms with Gasteiger partial charge in [0.1, 0.15) is 12.9 Å². The molecule has 0 spiro atoms. The normalized spacial score (nSPS) is 10.7. The van der Waals surface area contributed by atoms with Crippen molar-refractivity contribution in [2.24, 2.45) is 0 Å². The van der Waals surface area contributed by atoms with Gasteiger partial charge in [0, 0.05) is 31.7 Å². The fourth-order valence-electron chi connectivity index (χ4n) is 2.40. The summed E-state index contributed by atoms with van der Waals surface area (Å²) in [6.45, 7) is 0.632. The number of fused-ring (bicyclic) bond motifs is 1. The summed E-state index contributed by atoms with van der Waals surface area (Å²) in [4.78, 5) is 27.3. The Morgan fingerprint density at radius 1 is 1.17 bits per heavy atom. The Morgan fingerprint density at radius 2 is 2.00 bits per heavy atom. The van der Waals surface area contributed by atoms with E-state index in [2.05, 4.69) is 20.7 Å². The topological polar surface area (TPSA) is 93.8 Å². The minimum absolute atomic E-state index is 0.0642. The van der Waals surface area contributed by atoms with Gasteiger partial charge in [-0.2, -0.15) is 0 Å². The van der Waals surface area contributed by atoms with E-state index in [0.717, 1.165) is 10.9 Å². The summed E-state index contributed by atoms with van der Waals surface area (Å²) < 4.78 is 3.40. The number of aromatic nitrogens is 4. The molecular weight excluding hydrogens is 308 g/mol. The number of hydrogen-bond donors (Lipinski definition) is 2. The van der Waals surface area contributed by atoms with Crippen molar-refractivity contribution in [3.8, 4) is 0 Å². The summed E-state index contributed by atoms with van der Waals surface area (Å²) in [5.74, 6) is -0.163. The van der Waals surface area contributed by atoms with E-state index >= 15 is 0 Å². The molecule has 2 heterocycles. The molecule has 124 valence electrons. The lowest BCUT2D eigenvalue weighted by atomic mass is 10.2. The summed E-state index contributed by atoms with van der Waals surface area (Å²) >= 11 is 0. The minimum atomic E-state index is -0.183. The molecule has 0 aliphatic heterocycles. The zero-order valence-electron chi connectivity index (χ0n) is 13.3. The van der Waals surface area contributed by atoms with Crippen LogP contribution in [0.4, 0.5) is 5.95 Å². The number of nitrogens with one attached hydrogen (secondary N) is 2. The molecule has 2 aromatic heterocycles. The predicted octanol–water partition coefficient (Wildman–Crippen LogP) is 1.01. The van der Waals surface area contributed by atoms with Crippen LogP contribution < -0.4 is 10.6 Å². The number of para-hydroxylation sites is 1. The van der Waals surface area contributed by atoms with Crippen LogP contribution in [0.2, 0.25) is 0 Å². The highest BCUT2D eigenvalue weighted by Gasteiger charge is 2.09. The third kappa shape index (κ3) is 3.60. The van der Waals surface area contributed by atoms with Crippen LogP contribution >= 0.6 is 0 Å². The molecule has 8 heteroatoms. The lowest BCUT2D eigenvalue weighted by Crippen LogP contribution is -2.23. The maximum Gasteiger partial charge on any atom is 0.248 e. The largest absolute Gasteiger partial charge is 0.358 e. The Hall–Kier alpha value is -3.16. The number of likely N-dealkylation sites (N-methyl/N-ethyl adjacent to an activating group) is 1. The number of aryl methyl sites for hydroxylation is 1. The number of carbonyl (C=O) groups excluding carboxylic acids is 2. The van der Waals surface area contributed by atoms with Gasteiger partial charge in [-0.3, -0.25) is 14.9 Å². The second kappa shape index (κ2) is 6.95. The standard InChI is InChI=1S/C16H18N6O2/c1-17-15(24)10-22-11-18-16(20-22)19-14(23)7-9-21-8-6-12-4-2-3-5-13(12)21/h2-6,8,11H,7,9-10H2,1H3,(H,17,24)(H,19,20,23). The molecule has 0 saturated heterocycles. The van der Waals surface area contributed by atoms with Crippen LogP contribution in [-0.4, -0.2) is 38.2 Å². The van der Waals surface area contributed by atoms with Crippen LogP contribution in [0.5, 0.6) is 0 Å². The molecule has 3 rings (SSSR count). The minimum Gasteiger partial charge on any atom is -0.358 e. The molecule has 0 aliphatic rings. The van der Waals surface area contributed by atoms with Gasteiger partial charge in [0.15, 0.2) is 0 Å². The molecule has 1 aromatic carbocycles. The fraction of sp³-hybridized carbons (Fsp3) is 0.250. The first-order valence-corrected chi connectivity index (χ1v) is 7.59. The number of hydrogen-bond acceptors (Lipinski definition) is 4. The summed E-state index contributed by atoms with van der Waals surface area (Å²) in [5.41, 5.74) is 1.10. The van der Waals surface area contributed by atoms with Gasteiger partial charge in [0.05, 0.1) is 0 Å². The average molecular weight is 326 g/mol. The van der Waals surface area contributed by atoms with Crippen molar-refractivity contribution in [2.75, 3.05) is 12.4 Å². The van der Waals surface area contributed by atoms with Gasteiger partial charge in [-0.1, -0.05) is 18.2 Å². The molecule has 8 nitrogen and oxygen atoms in total. The zero-order chi connectivity index (χ0) is 16.9.